The van der Waals surface area contributed by atoms with Gasteiger partial charge in [0, 0.05) is 13.2 Å². The Bertz CT molecular complexity index is 504. The van der Waals surface area contributed by atoms with E-state index in [1.165, 1.54) is 13.3 Å². The summed E-state index contributed by atoms with van der Waals surface area (Å²) in [4.78, 5) is 23.1. The van der Waals surface area contributed by atoms with E-state index in [0.717, 1.165) is 23.9 Å². The van der Waals surface area contributed by atoms with Gasteiger partial charge >= 0.3 is 5.97 Å². The van der Waals surface area contributed by atoms with Crippen molar-refractivity contribution in [2.24, 2.45) is 0 Å². The predicted octanol–water partition coefficient (Wildman–Crippen LogP) is 0.753. The van der Waals surface area contributed by atoms with Gasteiger partial charge in [-0.1, -0.05) is 0 Å². The summed E-state index contributed by atoms with van der Waals surface area (Å²) in [6, 6.07) is 0. The Morgan fingerprint density at radius 2 is 2.25 bits per heavy atom. The van der Waals surface area contributed by atoms with E-state index in [4.69, 9.17) is 5.11 Å². The molecule has 0 unspecified atom stereocenters. The number of esters is 1. The number of carbonyl (C=O) groups is 1. The second kappa shape index (κ2) is 8.70. The first-order valence-corrected chi connectivity index (χ1v) is 7.06. The van der Waals surface area contributed by atoms with Gasteiger partial charge in [0.25, 0.3) is 5.56 Å². The SMILES string of the molecule is COC(=O)Cn1ncc(NCCCCCO)c(Br)c1=O. The quantitative estimate of drug-likeness (QED) is 0.532. The summed E-state index contributed by atoms with van der Waals surface area (Å²) in [5.41, 5.74) is 0.191. The fourth-order valence-corrected chi connectivity index (χ4v) is 1.97. The molecule has 0 amide bonds. The van der Waals surface area contributed by atoms with Crippen molar-refractivity contribution in [1.29, 1.82) is 0 Å². The molecule has 0 atom stereocenters. The third-order valence-corrected chi connectivity index (χ3v) is 3.41. The Kier molecular flexibility index (Phi) is 7.24. The molecule has 0 aliphatic heterocycles. The Hall–Kier alpha value is -1.41. The van der Waals surface area contributed by atoms with Gasteiger partial charge in [-0.05, 0) is 35.2 Å². The van der Waals surface area contributed by atoms with Crippen LogP contribution in [-0.2, 0) is 16.1 Å². The van der Waals surface area contributed by atoms with Crippen LogP contribution in [0.15, 0.2) is 15.5 Å². The number of aliphatic hydroxyl groups excluding tert-OH is 1. The van der Waals surface area contributed by atoms with E-state index in [0.29, 0.717) is 16.7 Å². The highest BCUT2D eigenvalue weighted by molar-refractivity contribution is 9.10. The number of aromatic nitrogens is 2. The highest BCUT2D eigenvalue weighted by Gasteiger charge is 2.11. The normalized spacial score (nSPS) is 10.3. The van der Waals surface area contributed by atoms with Crippen LogP contribution in [0.5, 0.6) is 0 Å². The molecule has 0 fully saturated rings. The van der Waals surface area contributed by atoms with Crippen molar-refractivity contribution in [2.45, 2.75) is 25.8 Å². The number of hydrogen-bond acceptors (Lipinski definition) is 6. The molecular weight excluding hydrogens is 330 g/mol. The second-order valence-electron chi connectivity index (χ2n) is 4.12. The lowest BCUT2D eigenvalue weighted by Crippen LogP contribution is -2.28. The van der Waals surface area contributed by atoms with Gasteiger partial charge < -0.3 is 15.2 Å². The van der Waals surface area contributed by atoms with Gasteiger partial charge in [-0.3, -0.25) is 9.59 Å². The van der Waals surface area contributed by atoms with Gasteiger partial charge in [-0.15, -0.1) is 0 Å². The monoisotopic (exact) mass is 347 g/mol. The number of hydrogen-bond donors (Lipinski definition) is 2. The van der Waals surface area contributed by atoms with Crippen LogP contribution in [0, 0.1) is 0 Å². The minimum atomic E-state index is -0.531. The van der Waals surface area contributed by atoms with E-state index in [9.17, 15) is 9.59 Å². The average Bonchev–Trinajstić information content (AvgIpc) is 2.45. The van der Waals surface area contributed by atoms with E-state index in [-0.39, 0.29) is 13.2 Å². The number of nitrogens with zero attached hydrogens (tertiary/aromatic N) is 2. The van der Waals surface area contributed by atoms with Crippen molar-refractivity contribution in [2.75, 3.05) is 25.6 Å². The van der Waals surface area contributed by atoms with Crippen molar-refractivity contribution in [1.82, 2.24) is 9.78 Å². The highest BCUT2D eigenvalue weighted by Crippen LogP contribution is 2.16. The van der Waals surface area contributed by atoms with Crippen LogP contribution in [0.1, 0.15) is 19.3 Å². The number of methoxy groups -OCH3 is 1. The summed E-state index contributed by atoms with van der Waals surface area (Å²) in [5, 5.41) is 15.7. The maximum absolute atomic E-state index is 11.9. The molecule has 1 heterocycles. The molecule has 112 valence electrons. The average molecular weight is 348 g/mol. The molecule has 1 rings (SSSR count). The number of unbranched alkanes of at least 4 members (excludes halogenated alkanes) is 2. The summed E-state index contributed by atoms with van der Waals surface area (Å²) in [6.45, 7) is 0.653. The zero-order valence-electron chi connectivity index (χ0n) is 11.3. The minimum absolute atomic E-state index is 0.189. The molecule has 8 heteroatoms. The summed E-state index contributed by atoms with van der Waals surface area (Å²) in [7, 11) is 1.25. The molecule has 0 saturated carbocycles. The molecule has 0 aliphatic rings. The molecule has 0 spiro atoms. The van der Waals surface area contributed by atoms with Crippen LogP contribution in [0.2, 0.25) is 0 Å². The molecule has 0 aliphatic carbocycles. The minimum Gasteiger partial charge on any atom is -0.468 e. The van der Waals surface area contributed by atoms with E-state index >= 15 is 0 Å². The van der Waals surface area contributed by atoms with Gasteiger partial charge in [0.05, 0.1) is 19.0 Å². The predicted molar refractivity (Wildman–Crippen MR) is 77.6 cm³/mol. The fourth-order valence-electron chi connectivity index (χ4n) is 1.52. The van der Waals surface area contributed by atoms with E-state index in [2.05, 4.69) is 31.1 Å². The fraction of sp³-hybridized carbons (Fsp3) is 0.583. The Morgan fingerprint density at radius 1 is 1.50 bits per heavy atom. The smallest absolute Gasteiger partial charge is 0.327 e. The maximum atomic E-state index is 11.9. The first-order chi connectivity index (χ1) is 9.60. The molecule has 1 aromatic heterocycles. The molecule has 20 heavy (non-hydrogen) atoms. The number of nitrogens with one attached hydrogen (secondary N) is 1. The number of rotatable bonds is 8. The van der Waals surface area contributed by atoms with Crippen molar-refractivity contribution in [3.63, 3.8) is 0 Å². The Balaban J connectivity index is 2.64. The zero-order chi connectivity index (χ0) is 15.0. The van der Waals surface area contributed by atoms with E-state index in [1.807, 2.05) is 0 Å². The molecule has 1 aromatic rings. The summed E-state index contributed by atoms with van der Waals surface area (Å²) < 4.78 is 5.86. The van der Waals surface area contributed by atoms with Gasteiger partial charge in [-0.2, -0.15) is 5.10 Å². The molecule has 0 radical (unpaired) electrons. The van der Waals surface area contributed by atoms with Gasteiger partial charge in [0.15, 0.2) is 0 Å². The van der Waals surface area contributed by atoms with Gasteiger partial charge in [0.2, 0.25) is 0 Å². The summed E-state index contributed by atoms with van der Waals surface area (Å²) in [5.74, 6) is -0.531. The van der Waals surface area contributed by atoms with Crippen molar-refractivity contribution < 1.29 is 14.6 Å². The van der Waals surface area contributed by atoms with E-state index in [1.54, 1.807) is 0 Å². The highest BCUT2D eigenvalue weighted by atomic mass is 79.9. The number of anilines is 1. The van der Waals surface area contributed by atoms with Gasteiger partial charge in [0.1, 0.15) is 11.0 Å². The second-order valence-corrected chi connectivity index (χ2v) is 4.92. The lowest BCUT2D eigenvalue weighted by molar-refractivity contribution is -0.141. The van der Waals surface area contributed by atoms with Crippen LogP contribution in [0.4, 0.5) is 5.69 Å². The van der Waals surface area contributed by atoms with Gasteiger partial charge in [-0.25, -0.2) is 4.68 Å². The first kappa shape index (κ1) is 16.6. The molecule has 2 N–H and O–H groups in total. The zero-order valence-corrected chi connectivity index (χ0v) is 12.9. The third kappa shape index (κ3) is 4.93. The molecule has 0 saturated heterocycles. The van der Waals surface area contributed by atoms with Crippen LogP contribution in [0.25, 0.3) is 0 Å². The third-order valence-electron chi connectivity index (χ3n) is 2.64. The Labute approximate surface area is 125 Å². The van der Waals surface area contributed by atoms with Crippen LogP contribution < -0.4 is 10.9 Å². The van der Waals surface area contributed by atoms with E-state index < -0.39 is 11.5 Å². The Morgan fingerprint density at radius 3 is 2.90 bits per heavy atom. The largest absolute Gasteiger partial charge is 0.468 e. The van der Waals surface area contributed by atoms with Crippen molar-refractivity contribution in [3.05, 3.63) is 21.0 Å². The topological polar surface area (TPSA) is 93.5 Å². The van der Waals surface area contributed by atoms with Crippen molar-refractivity contribution in [3.8, 4) is 0 Å². The summed E-state index contributed by atoms with van der Waals surface area (Å²) >= 11 is 3.20. The number of ether oxygens (including phenoxy) is 1. The molecular formula is C12H18BrN3O4. The lowest BCUT2D eigenvalue weighted by atomic mass is 10.2. The first-order valence-electron chi connectivity index (χ1n) is 6.27. The maximum Gasteiger partial charge on any atom is 0.327 e. The van der Waals surface area contributed by atoms with Crippen LogP contribution in [0.3, 0.4) is 0 Å². The number of halogens is 1. The molecule has 0 aromatic carbocycles. The standard InChI is InChI=1S/C12H18BrN3O4/c1-20-10(18)8-16-12(19)11(13)9(7-15-16)14-5-3-2-4-6-17/h7,14,17H,2-6,8H2,1H3. The summed E-state index contributed by atoms with van der Waals surface area (Å²) in [6.07, 6.45) is 4.05. The van der Waals surface area contributed by atoms with Crippen LogP contribution >= 0.6 is 15.9 Å². The number of aliphatic hydroxyl groups is 1. The number of carbonyl (C=O) groups excluding carboxylic acids is 1. The lowest BCUT2D eigenvalue weighted by Gasteiger charge is -2.09. The molecule has 0 bridgehead atoms. The van der Waals surface area contributed by atoms with Crippen molar-refractivity contribution >= 4 is 27.6 Å². The molecule has 7 nitrogen and oxygen atoms in total. The van der Waals surface area contributed by atoms with Crippen LogP contribution in [-0.4, -0.2) is 41.1 Å².